The van der Waals surface area contributed by atoms with Crippen molar-refractivity contribution >= 4 is 5.97 Å². The number of aliphatic carboxylic acids is 1. The molecule has 4 nitrogen and oxygen atoms in total. The largest absolute Gasteiger partial charge is 0.481 e. The van der Waals surface area contributed by atoms with Crippen LogP contribution in [0.2, 0.25) is 0 Å². The third-order valence-corrected chi connectivity index (χ3v) is 2.88. The van der Waals surface area contributed by atoms with Crippen molar-refractivity contribution in [2.45, 2.75) is 59.0 Å². The van der Waals surface area contributed by atoms with Crippen molar-refractivity contribution in [2.24, 2.45) is 0 Å². The van der Waals surface area contributed by atoms with E-state index in [1.807, 2.05) is 6.20 Å². The van der Waals surface area contributed by atoms with E-state index < -0.39 is 5.97 Å². The number of rotatable bonds is 8. The highest BCUT2D eigenvalue weighted by atomic mass is 16.4. The molecule has 1 heterocycles. The average molecular weight is 239 g/mol. The van der Waals surface area contributed by atoms with Crippen LogP contribution in [-0.4, -0.2) is 15.6 Å². The molecule has 4 heteroatoms. The lowest BCUT2D eigenvalue weighted by atomic mass is 10.3. The van der Waals surface area contributed by atoms with Crippen LogP contribution in [0.4, 0.5) is 0 Å². The minimum absolute atomic E-state index is 0.194. The smallest absolute Gasteiger partial charge is 0.307 e. The zero-order valence-electron chi connectivity index (χ0n) is 10.9. The molecule has 96 valence electrons. The second-order valence-electron chi connectivity index (χ2n) is 4.35. The number of imidazole rings is 1. The molecule has 1 aromatic rings. The lowest BCUT2D eigenvalue weighted by molar-refractivity contribution is -0.704. The number of hydrogen-bond acceptors (Lipinski definition) is 1. The van der Waals surface area contributed by atoms with Crippen LogP contribution in [0.5, 0.6) is 0 Å². The molecule has 0 fully saturated rings. The van der Waals surface area contributed by atoms with Gasteiger partial charge in [-0.25, -0.2) is 9.13 Å². The van der Waals surface area contributed by atoms with Gasteiger partial charge in [-0.05, 0) is 12.8 Å². The van der Waals surface area contributed by atoms with Crippen LogP contribution in [0.3, 0.4) is 0 Å². The van der Waals surface area contributed by atoms with Crippen LogP contribution >= 0.6 is 0 Å². The zero-order chi connectivity index (χ0) is 12.7. The van der Waals surface area contributed by atoms with Crippen molar-refractivity contribution in [2.75, 3.05) is 0 Å². The SMILES string of the molecule is CCCC[n+]1ccn(CCC(=O)O)c1CCC. The Morgan fingerprint density at radius 3 is 2.76 bits per heavy atom. The van der Waals surface area contributed by atoms with Crippen molar-refractivity contribution in [3.63, 3.8) is 0 Å². The number of aromatic nitrogens is 2. The predicted molar refractivity (Wildman–Crippen MR) is 65.8 cm³/mol. The zero-order valence-corrected chi connectivity index (χ0v) is 10.9. The highest BCUT2D eigenvalue weighted by Crippen LogP contribution is 2.02. The Balaban J connectivity index is 2.74. The standard InChI is InChI=1S/C13H22N2O2/c1-3-5-8-14-10-11-15(9-7-13(16)17)12(14)6-4-2/h10-11H,3-9H2,1-2H3/p+1. The van der Waals surface area contributed by atoms with Gasteiger partial charge in [-0.2, -0.15) is 0 Å². The fourth-order valence-electron chi connectivity index (χ4n) is 1.96. The quantitative estimate of drug-likeness (QED) is 0.705. The summed E-state index contributed by atoms with van der Waals surface area (Å²) in [6, 6.07) is 0. The van der Waals surface area contributed by atoms with Crippen LogP contribution in [0.25, 0.3) is 0 Å². The summed E-state index contributed by atoms with van der Waals surface area (Å²) in [7, 11) is 0. The fourth-order valence-corrected chi connectivity index (χ4v) is 1.96. The third kappa shape index (κ3) is 4.21. The molecule has 0 amide bonds. The summed E-state index contributed by atoms with van der Waals surface area (Å²) >= 11 is 0. The molecule has 0 aromatic carbocycles. The molecule has 1 aromatic heterocycles. The van der Waals surface area contributed by atoms with E-state index in [1.54, 1.807) is 0 Å². The minimum Gasteiger partial charge on any atom is -0.481 e. The first-order valence-corrected chi connectivity index (χ1v) is 6.48. The van der Waals surface area contributed by atoms with Crippen molar-refractivity contribution in [3.05, 3.63) is 18.2 Å². The topological polar surface area (TPSA) is 46.1 Å². The maximum atomic E-state index is 10.6. The maximum Gasteiger partial charge on any atom is 0.307 e. The van der Waals surface area contributed by atoms with Gasteiger partial charge < -0.3 is 5.11 Å². The van der Waals surface area contributed by atoms with E-state index in [1.165, 1.54) is 18.7 Å². The molecule has 0 saturated carbocycles. The van der Waals surface area contributed by atoms with Gasteiger partial charge in [-0.3, -0.25) is 4.79 Å². The summed E-state index contributed by atoms with van der Waals surface area (Å²) in [6.45, 7) is 5.94. The molecule has 0 aliphatic carbocycles. The summed E-state index contributed by atoms with van der Waals surface area (Å²) in [6.07, 6.45) is 8.72. The summed E-state index contributed by atoms with van der Waals surface area (Å²) in [5.41, 5.74) is 0. The summed E-state index contributed by atoms with van der Waals surface area (Å²) < 4.78 is 4.34. The second kappa shape index (κ2) is 7.09. The molecule has 1 rings (SSSR count). The summed E-state index contributed by atoms with van der Waals surface area (Å²) in [4.78, 5) is 10.6. The van der Waals surface area contributed by atoms with E-state index in [0.717, 1.165) is 19.4 Å². The van der Waals surface area contributed by atoms with Gasteiger partial charge in [0, 0.05) is 6.42 Å². The highest BCUT2D eigenvalue weighted by molar-refractivity contribution is 5.66. The normalized spacial score (nSPS) is 10.7. The molecule has 0 radical (unpaired) electrons. The maximum absolute atomic E-state index is 10.6. The van der Waals surface area contributed by atoms with E-state index in [9.17, 15) is 4.79 Å². The highest BCUT2D eigenvalue weighted by Gasteiger charge is 2.16. The molecule has 0 aliphatic rings. The third-order valence-electron chi connectivity index (χ3n) is 2.88. The van der Waals surface area contributed by atoms with Crippen LogP contribution in [0.15, 0.2) is 12.4 Å². The number of aryl methyl sites for hydroxylation is 2. The Labute approximate surface area is 103 Å². The van der Waals surface area contributed by atoms with E-state index in [2.05, 4.69) is 29.2 Å². The number of unbranched alkanes of at least 4 members (excludes halogenated alkanes) is 1. The first-order valence-electron chi connectivity index (χ1n) is 6.48. The van der Waals surface area contributed by atoms with Gasteiger partial charge in [0.2, 0.25) is 0 Å². The van der Waals surface area contributed by atoms with Gasteiger partial charge in [-0.1, -0.05) is 20.3 Å². The Morgan fingerprint density at radius 1 is 1.41 bits per heavy atom. The molecule has 0 unspecified atom stereocenters. The van der Waals surface area contributed by atoms with Gasteiger partial charge in [0.05, 0.1) is 13.0 Å². The van der Waals surface area contributed by atoms with Crippen molar-refractivity contribution in [1.82, 2.24) is 4.57 Å². The first-order chi connectivity index (χ1) is 8.19. The van der Waals surface area contributed by atoms with E-state index in [4.69, 9.17) is 5.11 Å². The number of carboxylic acids is 1. The monoisotopic (exact) mass is 239 g/mol. The van der Waals surface area contributed by atoms with Gasteiger partial charge >= 0.3 is 5.97 Å². The van der Waals surface area contributed by atoms with Gasteiger partial charge in [0.1, 0.15) is 18.9 Å². The lowest BCUT2D eigenvalue weighted by Gasteiger charge is -2.03. The Hall–Kier alpha value is -1.32. The molecule has 1 N–H and O–H groups in total. The number of nitrogens with zero attached hydrogens (tertiary/aromatic N) is 2. The van der Waals surface area contributed by atoms with Crippen LogP contribution < -0.4 is 4.57 Å². The van der Waals surface area contributed by atoms with Crippen molar-refractivity contribution in [1.29, 1.82) is 0 Å². The van der Waals surface area contributed by atoms with Crippen LogP contribution in [0.1, 0.15) is 45.4 Å². The fraction of sp³-hybridized carbons (Fsp3) is 0.692. The average Bonchev–Trinajstić information content (AvgIpc) is 2.67. The molecule has 17 heavy (non-hydrogen) atoms. The second-order valence-corrected chi connectivity index (χ2v) is 4.35. The molecule has 0 saturated heterocycles. The molecule has 0 bridgehead atoms. The lowest BCUT2D eigenvalue weighted by Crippen LogP contribution is -2.37. The van der Waals surface area contributed by atoms with Gasteiger partial charge in [0.15, 0.2) is 0 Å². The van der Waals surface area contributed by atoms with E-state index >= 15 is 0 Å². The Morgan fingerprint density at radius 2 is 2.18 bits per heavy atom. The predicted octanol–water partition coefficient (Wildman–Crippen LogP) is 2.00. The van der Waals surface area contributed by atoms with Crippen LogP contribution in [-0.2, 0) is 24.3 Å². The van der Waals surface area contributed by atoms with Gasteiger partial charge in [-0.15, -0.1) is 0 Å². The Bertz CT molecular complexity index is 358. The van der Waals surface area contributed by atoms with E-state index in [-0.39, 0.29) is 6.42 Å². The number of carbonyl (C=O) groups is 1. The number of hydrogen-bond donors (Lipinski definition) is 1. The van der Waals surface area contributed by atoms with E-state index in [0.29, 0.717) is 6.54 Å². The van der Waals surface area contributed by atoms with Crippen molar-refractivity contribution in [3.8, 4) is 0 Å². The molecule has 0 aliphatic heterocycles. The molecular formula is C13H23N2O2+. The first kappa shape index (κ1) is 13.7. The Kier molecular flexibility index (Phi) is 5.73. The number of carboxylic acid groups (broad SMARTS) is 1. The summed E-state index contributed by atoms with van der Waals surface area (Å²) in [5.74, 6) is 0.517. The molecule has 0 atom stereocenters. The summed E-state index contributed by atoms with van der Waals surface area (Å²) in [5, 5.41) is 8.72. The molecule has 0 spiro atoms. The molecular weight excluding hydrogens is 216 g/mol. The van der Waals surface area contributed by atoms with Crippen molar-refractivity contribution < 1.29 is 14.5 Å². The minimum atomic E-state index is -0.735. The van der Waals surface area contributed by atoms with Crippen LogP contribution in [0, 0.1) is 0 Å². The van der Waals surface area contributed by atoms with Gasteiger partial charge in [0.25, 0.3) is 5.82 Å².